The lowest BCUT2D eigenvalue weighted by atomic mass is 10.1. The topological polar surface area (TPSA) is 71.1 Å². The monoisotopic (exact) mass is 334 g/mol. The number of esters is 2. The van der Waals surface area contributed by atoms with E-state index in [2.05, 4.69) is 0 Å². The molecular weight excluding hydrogens is 312 g/mol. The van der Waals surface area contributed by atoms with Gasteiger partial charge in [-0.1, -0.05) is 30.3 Å². The van der Waals surface area contributed by atoms with Gasteiger partial charge >= 0.3 is 11.9 Å². The van der Waals surface area contributed by atoms with Gasteiger partial charge in [-0.15, -0.1) is 0 Å². The molecule has 0 amide bonds. The molecule has 1 heterocycles. The van der Waals surface area contributed by atoms with Crippen molar-refractivity contribution in [1.82, 2.24) is 0 Å². The molecule has 0 spiro atoms. The van der Waals surface area contributed by atoms with Crippen LogP contribution in [0.25, 0.3) is 0 Å². The molecule has 0 bridgehead atoms. The fourth-order valence-electron chi connectivity index (χ4n) is 2.22. The third-order valence-electron chi connectivity index (χ3n) is 3.46. The van der Waals surface area contributed by atoms with E-state index in [1.165, 1.54) is 6.08 Å². The van der Waals surface area contributed by atoms with E-state index >= 15 is 0 Å². The van der Waals surface area contributed by atoms with Gasteiger partial charge in [-0.05, 0) is 31.4 Å². The summed E-state index contributed by atoms with van der Waals surface area (Å²) >= 11 is 0. The third-order valence-corrected chi connectivity index (χ3v) is 3.46. The summed E-state index contributed by atoms with van der Waals surface area (Å²) in [4.78, 5) is 33.4. The van der Waals surface area contributed by atoms with E-state index in [-0.39, 0.29) is 31.2 Å². The van der Waals surface area contributed by atoms with Crippen LogP contribution in [-0.4, -0.2) is 30.8 Å². The molecule has 6 heteroatoms. The van der Waals surface area contributed by atoms with Gasteiger partial charge in [-0.2, -0.15) is 0 Å². The van der Waals surface area contributed by atoms with Crippen molar-refractivity contribution in [2.45, 2.75) is 45.0 Å². The Morgan fingerprint density at radius 1 is 1.17 bits per heavy atom. The van der Waals surface area contributed by atoms with Crippen LogP contribution in [0.5, 0.6) is 0 Å². The molecule has 2 rings (SSSR count). The second-order valence-corrected chi connectivity index (χ2v) is 5.39. The highest BCUT2D eigenvalue weighted by molar-refractivity contribution is 5.81. The first-order valence-corrected chi connectivity index (χ1v) is 8.04. The first-order chi connectivity index (χ1) is 11.7. The Hall–Kier alpha value is -2.18. The largest absolute Gasteiger partial charge is 0.463 e. The van der Waals surface area contributed by atoms with Gasteiger partial charge in [-0.25, -0.2) is 14.6 Å². The fourth-order valence-corrected chi connectivity index (χ4v) is 2.22. The van der Waals surface area contributed by atoms with Gasteiger partial charge in [0.15, 0.2) is 0 Å². The van der Waals surface area contributed by atoms with Crippen molar-refractivity contribution in [3.63, 3.8) is 0 Å². The molecule has 0 saturated carbocycles. The summed E-state index contributed by atoms with van der Waals surface area (Å²) in [5.41, 5.74) is 0.941. The minimum atomic E-state index is -0.410. The lowest BCUT2D eigenvalue weighted by Gasteiger charge is -2.25. The van der Waals surface area contributed by atoms with E-state index in [0.29, 0.717) is 19.4 Å². The Morgan fingerprint density at radius 2 is 1.96 bits per heavy atom. The van der Waals surface area contributed by atoms with Crippen molar-refractivity contribution >= 4 is 11.9 Å². The van der Waals surface area contributed by atoms with Gasteiger partial charge in [0, 0.05) is 6.08 Å². The maximum atomic E-state index is 11.8. The minimum absolute atomic E-state index is 0.140. The molecule has 1 aromatic carbocycles. The van der Waals surface area contributed by atoms with Crippen LogP contribution < -0.4 is 0 Å². The molecule has 1 aliphatic rings. The quantitative estimate of drug-likeness (QED) is 0.434. The third kappa shape index (κ3) is 6.52. The van der Waals surface area contributed by atoms with Crippen LogP contribution in [0.4, 0.5) is 0 Å². The summed E-state index contributed by atoms with van der Waals surface area (Å²) in [6.07, 6.45) is 3.73. The summed E-state index contributed by atoms with van der Waals surface area (Å²) in [5.74, 6) is -0.735. The molecule has 24 heavy (non-hydrogen) atoms. The first-order valence-electron chi connectivity index (χ1n) is 8.04. The highest BCUT2D eigenvalue weighted by Gasteiger charge is 2.24. The average Bonchev–Trinajstić information content (AvgIpc) is 2.60. The van der Waals surface area contributed by atoms with Crippen molar-refractivity contribution in [2.24, 2.45) is 0 Å². The Kier molecular flexibility index (Phi) is 7.45. The number of rotatable bonds is 7. The summed E-state index contributed by atoms with van der Waals surface area (Å²) in [7, 11) is 0. The molecule has 6 nitrogen and oxygen atoms in total. The highest BCUT2D eigenvalue weighted by Crippen LogP contribution is 2.20. The minimum Gasteiger partial charge on any atom is -0.463 e. The molecule has 1 aliphatic heterocycles. The van der Waals surface area contributed by atoms with E-state index in [9.17, 15) is 9.59 Å². The maximum Gasteiger partial charge on any atom is 0.330 e. The van der Waals surface area contributed by atoms with Crippen LogP contribution in [0.2, 0.25) is 0 Å². The number of hydrogen-bond donors (Lipinski definition) is 0. The molecule has 130 valence electrons. The number of benzene rings is 1. The fraction of sp³-hybridized carbons (Fsp3) is 0.444. The SMILES string of the molecule is CCOC(=O)/C=C\[C@@H]1CC[C@@H](CC(=O)OCc2ccccc2)OO1. The molecule has 0 unspecified atom stereocenters. The second kappa shape index (κ2) is 9.85. The number of carbonyl (C=O) groups is 2. The van der Waals surface area contributed by atoms with E-state index < -0.39 is 5.97 Å². The summed E-state index contributed by atoms with van der Waals surface area (Å²) in [5, 5.41) is 0. The molecule has 1 fully saturated rings. The van der Waals surface area contributed by atoms with Crippen molar-refractivity contribution < 1.29 is 28.8 Å². The van der Waals surface area contributed by atoms with E-state index in [4.69, 9.17) is 19.2 Å². The number of ether oxygens (including phenoxy) is 2. The van der Waals surface area contributed by atoms with Gasteiger partial charge in [0.1, 0.15) is 18.8 Å². The Morgan fingerprint density at radius 3 is 2.62 bits per heavy atom. The number of hydrogen-bond acceptors (Lipinski definition) is 6. The normalized spacial score (nSPS) is 20.7. The smallest absolute Gasteiger partial charge is 0.330 e. The summed E-state index contributed by atoms with van der Waals surface area (Å²) in [6.45, 7) is 2.32. The molecule has 0 aromatic heterocycles. The van der Waals surface area contributed by atoms with Gasteiger partial charge in [0.2, 0.25) is 0 Å². The molecular formula is C18H22O6. The maximum absolute atomic E-state index is 11.8. The first kappa shape index (κ1) is 18.2. The predicted octanol–water partition coefficient (Wildman–Crippen LogP) is 2.72. The number of carbonyl (C=O) groups excluding carboxylic acids is 2. The summed E-state index contributed by atoms with van der Waals surface area (Å²) in [6, 6.07) is 9.49. The molecule has 2 atom stereocenters. The van der Waals surface area contributed by atoms with Crippen LogP contribution in [0.3, 0.4) is 0 Å². The van der Waals surface area contributed by atoms with E-state index in [1.54, 1.807) is 13.0 Å². The molecule has 0 aliphatic carbocycles. The Labute approximate surface area is 141 Å². The molecule has 1 saturated heterocycles. The van der Waals surface area contributed by atoms with Crippen LogP contribution in [0.15, 0.2) is 42.5 Å². The van der Waals surface area contributed by atoms with E-state index in [0.717, 1.165) is 5.56 Å². The van der Waals surface area contributed by atoms with Crippen LogP contribution >= 0.6 is 0 Å². The van der Waals surface area contributed by atoms with Crippen molar-refractivity contribution in [3.05, 3.63) is 48.0 Å². The Balaban J connectivity index is 1.65. The lowest BCUT2D eigenvalue weighted by molar-refractivity contribution is -0.363. The van der Waals surface area contributed by atoms with Gasteiger partial charge < -0.3 is 9.47 Å². The van der Waals surface area contributed by atoms with Gasteiger partial charge in [0.25, 0.3) is 0 Å². The highest BCUT2D eigenvalue weighted by atomic mass is 17.2. The Bertz CT molecular complexity index is 546. The van der Waals surface area contributed by atoms with Crippen molar-refractivity contribution in [3.8, 4) is 0 Å². The summed E-state index contributed by atoms with van der Waals surface area (Å²) < 4.78 is 10.0. The predicted molar refractivity (Wildman–Crippen MR) is 85.6 cm³/mol. The zero-order valence-corrected chi connectivity index (χ0v) is 13.7. The lowest BCUT2D eigenvalue weighted by Crippen LogP contribution is -2.29. The van der Waals surface area contributed by atoms with Crippen LogP contribution in [0, 0.1) is 0 Å². The van der Waals surface area contributed by atoms with Crippen LogP contribution in [-0.2, 0) is 35.4 Å². The standard InChI is InChI=1S/C18H22O6/c1-2-21-17(19)11-10-15-8-9-16(24-23-15)12-18(20)22-13-14-6-4-3-5-7-14/h3-7,10-11,15-16H,2,8-9,12-13H2,1H3/b11-10-/t15-,16-/m0/s1. The van der Waals surface area contributed by atoms with Crippen molar-refractivity contribution in [1.29, 1.82) is 0 Å². The second-order valence-electron chi connectivity index (χ2n) is 5.39. The van der Waals surface area contributed by atoms with Gasteiger partial charge in [-0.3, -0.25) is 4.79 Å². The zero-order valence-electron chi connectivity index (χ0n) is 13.7. The van der Waals surface area contributed by atoms with Crippen molar-refractivity contribution in [2.75, 3.05) is 6.61 Å². The average molecular weight is 334 g/mol. The molecule has 0 N–H and O–H groups in total. The molecule has 0 radical (unpaired) electrons. The zero-order chi connectivity index (χ0) is 17.2. The molecule has 1 aromatic rings. The van der Waals surface area contributed by atoms with Gasteiger partial charge in [0.05, 0.1) is 13.0 Å². The van der Waals surface area contributed by atoms with Crippen LogP contribution in [0.1, 0.15) is 31.7 Å². The van der Waals surface area contributed by atoms with E-state index in [1.807, 2.05) is 30.3 Å².